The molecular formula is C7H13N5O3S. The molecule has 9 heteroatoms. The number of nitrogens with zero attached hydrogens (tertiary/aromatic N) is 1. The van der Waals surface area contributed by atoms with Crippen LogP contribution in [0.3, 0.4) is 0 Å². The first-order valence-electron chi connectivity index (χ1n) is 4.47. The van der Waals surface area contributed by atoms with E-state index in [4.69, 9.17) is 10.9 Å². The lowest BCUT2D eigenvalue weighted by molar-refractivity contribution is 0.595. The van der Waals surface area contributed by atoms with Crippen molar-refractivity contribution in [2.45, 2.75) is 6.42 Å². The maximum Gasteiger partial charge on any atom is 0.276 e. The Balaban J connectivity index is 2.50. The number of nitrogen functional groups attached to an aromatic ring is 1. The van der Waals surface area contributed by atoms with E-state index in [1.54, 1.807) is 0 Å². The number of primary sulfonamides is 1. The number of nitrogens with two attached hydrogens (primary N) is 2. The molecular weight excluding hydrogens is 234 g/mol. The van der Waals surface area contributed by atoms with Gasteiger partial charge >= 0.3 is 0 Å². The van der Waals surface area contributed by atoms with Crippen LogP contribution in [0.4, 0.5) is 11.5 Å². The van der Waals surface area contributed by atoms with E-state index in [9.17, 15) is 13.2 Å². The summed E-state index contributed by atoms with van der Waals surface area (Å²) in [5, 5.41) is 7.57. The molecule has 8 nitrogen and oxygen atoms in total. The van der Waals surface area contributed by atoms with E-state index in [1.807, 2.05) is 0 Å². The minimum Gasteiger partial charge on any atom is -0.391 e. The highest BCUT2D eigenvalue weighted by atomic mass is 32.2. The van der Waals surface area contributed by atoms with Crippen LogP contribution in [0.1, 0.15) is 6.42 Å². The van der Waals surface area contributed by atoms with E-state index in [-0.39, 0.29) is 17.3 Å². The summed E-state index contributed by atoms with van der Waals surface area (Å²) in [5.41, 5.74) is 4.97. The van der Waals surface area contributed by atoms with Gasteiger partial charge in [-0.3, -0.25) is 4.79 Å². The number of sulfonamides is 1. The molecule has 0 saturated carbocycles. The van der Waals surface area contributed by atoms with Gasteiger partial charge in [-0.2, -0.15) is 0 Å². The number of anilines is 2. The van der Waals surface area contributed by atoms with Crippen molar-refractivity contribution in [1.29, 1.82) is 0 Å². The SMILES string of the molecule is Nc1c(NCCCS(N)(=O)=O)nc[nH]c1=O. The van der Waals surface area contributed by atoms with Gasteiger partial charge in [-0.05, 0) is 6.42 Å². The summed E-state index contributed by atoms with van der Waals surface area (Å²) in [5.74, 6) is 0.0986. The van der Waals surface area contributed by atoms with Gasteiger partial charge in [-0.1, -0.05) is 0 Å². The molecule has 16 heavy (non-hydrogen) atoms. The molecule has 0 atom stereocenters. The Morgan fingerprint density at radius 2 is 2.19 bits per heavy atom. The van der Waals surface area contributed by atoms with Crippen LogP contribution in [-0.2, 0) is 10.0 Å². The van der Waals surface area contributed by atoms with Crippen LogP contribution in [0.25, 0.3) is 0 Å². The maximum absolute atomic E-state index is 11.1. The average Bonchev–Trinajstić information content (AvgIpc) is 2.17. The zero-order valence-corrected chi connectivity index (χ0v) is 9.25. The van der Waals surface area contributed by atoms with Gasteiger partial charge in [0.25, 0.3) is 5.56 Å². The Hall–Kier alpha value is -1.61. The van der Waals surface area contributed by atoms with Gasteiger partial charge in [0, 0.05) is 6.54 Å². The lowest BCUT2D eigenvalue weighted by atomic mass is 10.4. The topological polar surface area (TPSA) is 144 Å². The van der Waals surface area contributed by atoms with Gasteiger partial charge in [0.15, 0.2) is 5.82 Å². The van der Waals surface area contributed by atoms with Gasteiger partial charge in [0.1, 0.15) is 5.69 Å². The lowest BCUT2D eigenvalue weighted by Crippen LogP contribution is -2.20. The highest BCUT2D eigenvalue weighted by Gasteiger charge is 2.05. The first kappa shape index (κ1) is 12.5. The number of nitrogens with one attached hydrogen (secondary N) is 2. The van der Waals surface area contributed by atoms with Crippen molar-refractivity contribution in [1.82, 2.24) is 9.97 Å². The minimum absolute atomic E-state index is 0.0295. The van der Waals surface area contributed by atoms with E-state index < -0.39 is 15.6 Å². The normalized spacial score (nSPS) is 11.3. The Kier molecular flexibility index (Phi) is 3.85. The molecule has 0 aromatic carbocycles. The molecule has 0 bridgehead atoms. The fraction of sp³-hybridized carbons (Fsp3) is 0.429. The Bertz CT molecular complexity index is 509. The number of rotatable bonds is 5. The smallest absolute Gasteiger partial charge is 0.276 e. The third-order valence-corrected chi connectivity index (χ3v) is 2.64. The van der Waals surface area contributed by atoms with Gasteiger partial charge in [0.05, 0.1) is 12.1 Å². The van der Waals surface area contributed by atoms with E-state index >= 15 is 0 Å². The zero-order chi connectivity index (χ0) is 12.2. The van der Waals surface area contributed by atoms with Crippen molar-refractivity contribution < 1.29 is 8.42 Å². The second-order valence-corrected chi connectivity index (χ2v) is 4.88. The highest BCUT2D eigenvalue weighted by molar-refractivity contribution is 7.89. The molecule has 6 N–H and O–H groups in total. The van der Waals surface area contributed by atoms with Crippen LogP contribution in [0, 0.1) is 0 Å². The summed E-state index contributed by atoms with van der Waals surface area (Å²) in [6, 6.07) is 0. The fourth-order valence-electron chi connectivity index (χ4n) is 1.03. The molecule has 1 rings (SSSR count). The number of aromatic amines is 1. The van der Waals surface area contributed by atoms with Gasteiger partial charge in [0.2, 0.25) is 10.0 Å². The third kappa shape index (κ3) is 3.87. The predicted octanol–water partition coefficient (Wildman–Crippen LogP) is -1.56. The zero-order valence-electron chi connectivity index (χ0n) is 8.43. The fourth-order valence-corrected chi connectivity index (χ4v) is 1.58. The van der Waals surface area contributed by atoms with E-state index in [0.717, 1.165) is 0 Å². The standard InChI is InChI=1S/C7H13N5O3S/c8-5-6(11-4-12-7(5)13)10-2-1-3-16(9,14)15/h4H,1-3,8H2,(H2,9,14,15)(H2,10,11,12,13). The molecule has 0 unspecified atom stereocenters. The first-order valence-corrected chi connectivity index (χ1v) is 6.19. The molecule has 0 radical (unpaired) electrons. The van der Waals surface area contributed by atoms with E-state index in [2.05, 4.69) is 15.3 Å². The maximum atomic E-state index is 11.1. The lowest BCUT2D eigenvalue weighted by Gasteiger charge is -2.06. The largest absolute Gasteiger partial charge is 0.391 e. The van der Waals surface area contributed by atoms with Crippen molar-refractivity contribution in [2.75, 3.05) is 23.3 Å². The molecule has 0 aliphatic heterocycles. The molecule has 0 spiro atoms. The molecule has 1 aromatic heterocycles. The second-order valence-electron chi connectivity index (χ2n) is 3.14. The summed E-state index contributed by atoms with van der Waals surface area (Å²) in [6.07, 6.45) is 1.52. The molecule has 0 fully saturated rings. The van der Waals surface area contributed by atoms with Crippen molar-refractivity contribution in [3.8, 4) is 0 Å². The number of hydrogen-bond donors (Lipinski definition) is 4. The average molecular weight is 247 g/mol. The molecule has 1 aromatic rings. The summed E-state index contributed by atoms with van der Waals surface area (Å²) in [6.45, 7) is 0.317. The van der Waals surface area contributed by atoms with Crippen LogP contribution < -0.4 is 21.7 Å². The Morgan fingerprint density at radius 1 is 1.50 bits per heavy atom. The first-order chi connectivity index (χ1) is 7.40. The second kappa shape index (κ2) is 4.94. The molecule has 90 valence electrons. The van der Waals surface area contributed by atoms with Crippen molar-refractivity contribution in [2.24, 2.45) is 5.14 Å². The van der Waals surface area contributed by atoms with Crippen molar-refractivity contribution >= 4 is 21.5 Å². The van der Waals surface area contributed by atoms with Crippen LogP contribution in [0.5, 0.6) is 0 Å². The summed E-state index contributed by atoms with van der Waals surface area (Å²) in [4.78, 5) is 17.2. The minimum atomic E-state index is -3.46. The van der Waals surface area contributed by atoms with E-state index in [0.29, 0.717) is 13.0 Å². The quantitative estimate of drug-likeness (QED) is 0.463. The molecule has 0 aliphatic rings. The highest BCUT2D eigenvalue weighted by Crippen LogP contribution is 2.06. The Labute approximate surface area is 92.1 Å². The van der Waals surface area contributed by atoms with Gasteiger partial charge < -0.3 is 16.0 Å². The molecule has 0 amide bonds. The number of hydrogen-bond acceptors (Lipinski definition) is 6. The molecule has 0 saturated heterocycles. The van der Waals surface area contributed by atoms with Gasteiger partial charge in [-0.15, -0.1) is 0 Å². The number of H-pyrrole nitrogens is 1. The number of aromatic nitrogens is 2. The van der Waals surface area contributed by atoms with Crippen LogP contribution in [0.2, 0.25) is 0 Å². The van der Waals surface area contributed by atoms with Crippen LogP contribution >= 0.6 is 0 Å². The third-order valence-electron chi connectivity index (χ3n) is 1.79. The van der Waals surface area contributed by atoms with Crippen molar-refractivity contribution in [3.63, 3.8) is 0 Å². The monoisotopic (exact) mass is 247 g/mol. The summed E-state index contributed by atoms with van der Waals surface area (Å²) < 4.78 is 21.2. The van der Waals surface area contributed by atoms with E-state index in [1.165, 1.54) is 6.33 Å². The Morgan fingerprint density at radius 3 is 2.81 bits per heavy atom. The summed E-state index contributed by atoms with van der Waals surface area (Å²) >= 11 is 0. The van der Waals surface area contributed by atoms with Crippen LogP contribution in [-0.4, -0.2) is 30.7 Å². The molecule has 1 heterocycles. The van der Waals surface area contributed by atoms with Gasteiger partial charge in [-0.25, -0.2) is 18.5 Å². The van der Waals surface area contributed by atoms with Crippen LogP contribution in [0.15, 0.2) is 11.1 Å². The summed E-state index contributed by atoms with van der Waals surface area (Å²) in [7, 11) is -3.46. The van der Waals surface area contributed by atoms with Crippen molar-refractivity contribution in [3.05, 3.63) is 16.7 Å². The molecule has 0 aliphatic carbocycles. The predicted molar refractivity (Wildman–Crippen MR) is 60.4 cm³/mol.